The molecule has 10 heteroatoms. The SMILES string of the molecule is CC(=O)[C@@H](C)OC(=O)[C@H](CC(C)C)N(C)C(=O)[C@@H](CC1CCC(N2CCOCC2)CC1)OC(=O)[C@H](CC(C)C)N(C)C. The van der Waals surface area contributed by atoms with Crippen LogP contribution >= 0.6 is 0 Å². The van der Waals surface area contributed by atoms with Gasteiger partial charge in [-0.25, -0.2) is 4.79 Å². The normalized spacial score (nSPS) is 22.9. The van der Waals surface area contributed by atoms with Crippen LogP contribution in [0.15, 0.2) is 0 Å². The van der Waals surface area contributed by atoms with Gasteiger partial charge in [-0.3, -0.25) is 24.2 Å². The van der Waals surface area contributed by atoms with Crippen molar-refractivity contribution in [3.8, 4) is 0 Å². The number of hydrogen-bond donors (Lipinski definition) is 0. The molecule has 242 valence electrons. The van der Waals surface area contributed by atoms with Gasteiger partial charge in [0.05, 0.1) is 13.2 Å². The Balaban J connectivity index is 2.24. The second kappa shape index (κ2) is 17.3. The summed E-state index contributed by atoms with van der Waals surface area (Å²) in [7, 11) is 5.26. The van der Waals surface area contributed by atoms with Crippen molar-refractivity contribution in [3.63, 3.8) is 0 Å². The number of ketones is 1. The fraction of sp³-hybridized carbons (Fsp3) is 0.875. The zero-order valence-corrected chi connectivity index (χ0v) is 27.6. The van der Waals surface area contributed by atoms with Gasteiger partial charge in [0.25, 0.3) is 5.91 Å². The summed E-state index contributed by atoms with van der Waals surface area (Å²) in [6, 6.07) is -0.851. The third-order valence-corrected chi connectivity index (χ3v) is 8.70. The van der Waals surface area contributed by atoms with E-state index in [0.29, 0.717) is 25.3 Å². The average molecular weight is 596 g/mol. The Hall–Kier alpha value is -2.04. The van der Waals surface area contributed by atoms with E-state index in [2.05, 4.69) is 18.7 Å². The van der Waals surface area contributed by atoms with Crippen LogP contribution in [-0.2, 0) is 33.4 Å². The molecule has 1 amide bonds. The van der Waals surface area contributed by atoms with Gasteiger partial charge in [-0.2, -0.15) is 0 Å². The molecule has 10 nitrogen and oxygen atoms in total. The molecule has 0 spiro atoms. The van der Waals surface area contributed by atoms with E-state index < -0.39 is 42.1 Å². The minimum atomic E-state index is -1.00. The fourth-order valence-electron chi connectivity index (χ4n) is 5.95. The molecule has 2 aliphatic rings. The summed E-state index contributed by atoms with van der Waals surface area (Å²) >= 11 is 0. The first-order valence-electron chi connectivity index (χ1n) is 15.9. The Morgan fingerprint density at radius 2 is 1.33 bits per heavy atom. The van der Waals surface area contributed by atoms with E-state index in [4.69, 9.17) is 14.2 Å². The molecule has 1 saturated heterocycles. The lowest BCUT2D eigenvalue weighted by molar-refractivity contribution is -0.170. The van der Waals surface area contributed by atoms with Gasteiger partial charge in [0.15, 0.2) is 18.0 Å². The lowest BCUT2D eigenvalue weighted by atomic mass is 9.82. The van der Waals surface area contributed by atoms with Gasteiger partial charge in [-0.1, -0.05) is 27.7 Å². The second-order valence-electron chi connectivity index (χ2n) is 13.4. The van der Waals surface area contributed by atoms with Crippen molar-refractivity contribution in [2.24, 2.45) is 17.8 Å². The van der Waals surface area contributed by atoms with E-state index in [0.717, 1.165) is 52.0 Å². The molecular formula is C32H57N3O7. The van der Waals surface area contributed by atoms with Gasteiger partial charge in [-0.05, 0) is 90.6 Å². The molecule has 1 aliphatic heterocycles. The van der Waals surface area contributed by atoms with Crippen molar-refractivity contribution in [2.75, 3.05) is 47.4 Å². The third kappa shape index (κ3) is 11.2. The quantitative estimate of drug-likeness (QED) is 0.263. The third-order valence-electron chi connectivity index (χ3n) is 8.70. The summed E-state index contributed by atoms with van der Waals surface area (Å²) in [5.41, 5.74) is 0. The smallest absolute Gasteiger partial charge is 0.329 e. The number of Topliss-reactive ketones (excluding diaryl/α,β-unsaturated/α-hetero) is 1. The van der Waals surface area contributed by atoms with Crippen LogP contribution < -0.4 is 0 Å². The maximum atomic E-state index is 14.1. The Morgan fingerprint density at radius 3 is 1.83 bits per heavy atom. The van der Waals surface area contributed by atoms with Crippen LogP contribution in [-0.4, -0.2) is 116 Å². The summed E-state index contributed by atoms with van der Waals surface area (Å²) in [5, 5.41) is 0. The largest absolute Gasteiger partial charge is 0.453 e. The van der Waals surface area contributed by atoms with Crippen molar-refractivity contribution in [1.29, 1.82) is 0 Å². The molecule has 0 radical (unpaired) electrons. The molecule has 0 aromatic heterocycles. The Morgan fingerprint density at radius 1 is 0.810 bits per heavy atom. The van der Waals surface area contributed by atoms with Crippen molar-refractivity contribution in [2.45, 2.75) is 117 Å². The van der Waals surface area contributed by atoms with Crippen LogP contribution in [0, 0.1) is 17.8 Å². The standard InChI is InChI=1S/C32H57N3O7/c1-21(2)18-27(33(7)8)31(38)42-29(20-25-10-12-26(13-11-25)35-14-16-40-17-15-35)30(37)34(9)28(19-22(3)4)32(39)41-24(6)23(5)36/h21-22,24-29H,10-20H2,1-9H3/t24-,25?,26?,27+,28+,29-/m1/s1. The zero-order chi connectivity index (χ0) is 31.6. The number of hydrogen-bond acceptors (Lipinski definition) is 9. The Bertz CT molecular complexity index is 879. The highest BCUT2D eigenvalue weighted by Crippen LogP contribution is 2.32. The van der Waals surface area contributed by atoms with Gasteiger partial charge in [0.2, 0.25) is 0 Å². The predicted octanol–water partition coefficient (Wildman–Crippen LogP) is 3.55. The molecule has 2 fully saturated rings. The van der Waals surface area contributed by atoms with Crippen LogP contribution in [0.2, 0.25) is 0 Å². The molecule has 1 aliphatic carbocycles. The van der Waals surface area contributed by atoms with E-state index in [1.54, 1.807) is 7.05 Å². The number of carbonyl (C=O) groups is 4. The second-order valence-corrected chi connectivity index (χ2v) is 13.4. The number of likely N-dealkylation sites (N-methyl/N-ethyl adjacent to an activating group) is 2. The van der Waals surface area contributed by atoms with Crippen molar-refractivity contribution >= 4 is 23.6 Å². The topological polar surface area (TPSA) is 106 Å². The molecule has 2 rings (SSSR count). The first-order chi connectivity index (χ1) is 19.7. The highest BCUT2D eigenvalue weighted by Gasteiger charge is 2.39. The summed E-state index contributed by atoms with van der Waals surface area (Å²) in [4.78, 5) is 58.2. The maximum Gasteiger partial charge on any atom is 0.329 e. The van der Waals surface area contributed by atoms with E-state index in [-0.39, 0.29) is 23.5 Å². The summed E-state index contributed by atoms with van der Waals surface area (Å²) in [5.74, 6) is -1.12. The monoisotopic (exact) mass is 595 g/mol. The summed E-state index contributed by atoms with van der Waals surface area (Å²) in [6.07, 6.45) is 3.46. The number of esters is 2. The number of rotatable bonds is 15. The maximum absolute atomic E-state index is 14.1. The zero-order valence-electron chi connectivity index (χ0n) is 27.6. The highest BCUT2D eigenvalue weighted by molar-refractivity contribution is 5.90. The van der Waals surface area contributed by atoms with Gasteiger partial charge >= 0.3 is 11.9 Å². The molecule has 42 heavy (non-hydrogen) atoms. The van der Waals surface area contributed by atoms with Gasteiger partial charge in [0.1, 0.15) is 12.1 Å². The highest BCUT2D eigenvalue weighted by atomic mass is 16.6. The van der Waals surface area contributed by atoms with Gasteiger partial charge in [0, 0.05) is 26.2 Å². The lowest BCUT2D eigenvalue weighted by Crippen LogP contribution is -2.51. The number of nitrogens with zero attached hydrogens (tertiary/aromatic N) is 3. The molecular weight excluding hydrogens is 538 g/mol. The Kier molecular flexibility index (Phi) is 14.9. The van der Waals surface area contributed by atoms with Crippen LogP contribution in [0.25, 0.3) is 0 Å². The van der Waals surface area contributed by atoms with Crippen molar-refractivity contribution in [3.05, 3.63) is 0 Å². The van der Waals surface area contributed by atoms with Gasteiger partial charge in [-0.15, -0.1) is 0 Å². The molecule has 1 saturated carbocycles. The minimum absolute atomic E-state index is 0.0889. The van der Waals surface area contributed by atoms with Crippen LogP contribution in [0.1, 0.15) is 86.5 Å². The molecule has 0 unspecified atom stereocenters. The Labute approximate surface area is 253 Å². The average Bonchev–Trinajstić information content (AvgIpc) is 2.93. The van der Waals surface area contributed by atoms with E-state index in [1.807, 2.05) is 32.8 Å². The minimum Gasteiger partial charge on any atom is -0.453 e. The fourth-order valence-corrected chi connectivity index (χ4v) is 5.95. The van der Waals surface area contributed by atoms with E-state index in [9.17, 15) is 19.2 Å². The molecule has 1 heterocycles. The van der Waals surface area contributed by atoms with Gasteiger partial charge < -0.3 is 19.1 Å². The lowest BCUT2D eigenvalue weighted by Gasteiger charge is -2.39. The van der Waals surface area contributed by atoms with Crippen molar-refractivity contribution in [1.82, 2.24) is 14.7 Å². The molecule has 0 bridgehead atoms. The predicted molar refractivity (Wildman–Crippen MR) is 162 cm³/mol. The number of amides is 1. The summed E-state index contributed by atoms with van der Waals surface area (Å²) in [6.45, 7) is 14.4. The summed E-state index contributed by atoms with van der Waals surface area (Å²) < 4.78 is 17.0. The van der Waals surface area contributed by atoms with Crippen LogP contribution in [0.4, 0.5) is 0 Å². The first-order valence-corrected chi connectivity index (χ1v) is 15.9. The van der Waals surface area contributed by atoms with Crippen LogP contribution in [0.3, 0.4) is 0 Å². The van der Waals surface area contributed by atoms with Crippen LogP contribution in [0.5, 0.6) is 0 Å². The van der Waals surface area contributed by atoms with E-state index in [1.165, 1.54) is 18.7 Å². The molecule has 4 atom stereocenters. The molecule has 0 aromatic carbocycles. The first kappa shape index (κ1) is 36.2. The number of morpholine rings is 1. The molecule has 0 N–H and O–H groups in total. The number of carbonyl (C=O) groups excluding carboxylic acids is 4. The van der Waals surface area contributed by atoms with Crippen molar-refractivity contribution < 1.29 is 33.4 Å². The number of ether oxygens (including phenoxy) is 3. The van der Waals surface area contributed by atoms with E-state index >= 15 is 0 Å². The molecule has 0 aromatic rings.